The lowest BCUT2D eigenvalue weighted by molar-refractivity contribution is -0.112. The average Bonchev–Trinajstić information content (AvgIpc) is 3.08. The predicted molar refractivity (Wildman–Crippen MR) is 109 cm³/mol. The molecule has 1 heterocycles. The monoisotopic (exact) mass is 373 g/mol. The van der Waals surface area contributed by atoms with E-state index >= 15 is 0 Å². The van der Waals surface area contributed by atoms with Crippen molar-refractivity contribution in [2.75, 3.05) is 5.32 Å². The summed E-state index contributed by atoms with van der Waals surface area (Å²) in [5.41, 5.74) is 4.40. The molecule has 2 aromatic carbocycles. The Morgan fingerprint density at radius 2 is 1.96 bits per heavy atom. The molecule has 3 aromatic rings. The molecule has 134 valence electrons. The lowest BCUT2D eigenvalue weighted by Gasteiger charge is -2.01. The molecule has 0 atom stereocenters. The van der Waals surface area contributed by atoms with Crippen molar-refractivity contribution in [1.29, 1.82) is 5.26 Å². The normalized spacial score (nSPS) is 11.1. The molecule has 0 radical (unpaired) electrons. The van der Waals surface area contributed by atoms with Gasteiger partial charge in [-0.1, -0.05) is 59.7 Å². The Hall–Kier alpha value is -3.23. The van der Waals surface area contributed by atoms with E-state index in [-0.39, 0.29) is 5.57 Å². The average molecular weight is 373 g/mol. The molecule has 0 saturated carbocycles. The standard InChI is InChI=1S/C22H19N3OS/c1-15-6-8-17(9-7-15)11-19(13-23)21(26)25-22-24-14-20(27-22)12-18-5-3-4-16(2)10-18/h3-11,14H,12H2,1-2H3,(H,24,25,26)/b19-11+. The van der Waals surface area contributed by atoms with Crippen LogP contribution < -0.4 is 5.32 Å². The minimum Gasteiger partial charge on any atom is -0.297 e. The Bertz CT molecular complexity index is 1030. The van der Waals surface area contributed by atoms with E-state index in [4.69, 9.17) is 0 Å². The second-order valence-corrected chi connectivity index (χ2v) is 7.45. The number of nitriles is 1. The number of nitrogens with zero attached hydrogens (tertiary/aromatic N) is 2. The van der Waals surface area contributed by atoms with Crippen molar-refractivity contribution >= 4 is 28.5 Å². The number of anilines is 1. The van der Waals surface area contributed by atoms with Gasteiger partial charge in [0.1, 0.15) is 11.6 Å². The molecule has 0 spiro atoms. The minimum atomic E-state index is -0.450. The molecule has 1 aromatic heterocycles. The number of carbonyl (C=O) groups excluding carboxylic acids is 1. The van der Waals surface area contributed by atoms with Gasteiger partial charge in [0, 0.05) is 17.5 Å². The lowest BCUT2D eigenvalue weighted by Crippen LogP contribution is -2.13. The second-order valence-electron chi connectivity index (χ2n) is 6.33. The third-order valence-corrected chi connectivity index (χ3v) is 4.90. The summed E-state index contributed by atoms with van der Waals surface area (Å²) in [6, 6.07) is 17.9. The zero-order valence-electron chi connectivity index (χ0n) is 15.2. The van der Waals surface area contributed by atoms with Gasteiger partial charge < -0.3 is 0 Å². The molecule has 4 nitrogen and oxygen atoms in total. The van der Waals surface area contributed by atoms with Crippen LogP contribution in [0.5, 0.6) is 0 Å². The molecule has 27 heavy (non-hydrogen) atoms. The van der Waals surface area contributed by atoms with Crippen LogP contribution in [0.25, 0.3) is 6.08 Å². The van der Waals surface area contributed by atoms with Gasteiger partial charge in [-0.15, -0.1) is 11.3 Å². The molecule has 0 aliphatic heterocycles. The van der Waals surface area contributed by atoms with Crippen molar-refractivity contribution in [3.8, 4) is 6.07 Å². The fraction of sp³-hybridized carbons (Fsp3) is 0.136. The molecular formula is C22H19N3OS. The van der Waals surface area contributed by atoms with Gasteiger partial charge >= 0.3 is 0 Å². The number of aromatic nitrogens is 1. The smallest absolute Gasteiger partial charge is 0.268 e. The third kappa shape index (κ3) is 5.13. The highest BCUT2D eigenvalue weighted by molar-refractivity contribution is 7.15. The summed E-state index contributed by atoms with van der Waals surface area (Å²) >= 11 is 1.42. The number of rotatable bonds is 5. The van der Waals surface area contributed by atoms with E-state index in [1.165, 1.54) is 22.5 Å². The van der Waals surface area contributed by atoms with Gasteiger partial charge in [-0.2, -0.15) is 5.26 Å². The van der Waals surface area contributed by atoms with Crippen LogP contribution in [-0.2, 0) is 11.2 Å². The molecule has 3 rings (SSSR count). The highest BCUT2D eigenvalue weighted by Gasteiger charge is 2.12. The van der Waals surface area contributed by atoms with Crippen LogP contribution in [0.3, 0.4) is 0 Å². The fourth-order valence-electron chi connectivity index (χ4n) is 2.61. The first kappa shape index (κ1) is 18.6. The molecule has 0 unspecified atom stereocenters. The summed E-state index contributed by atoms with van der Waals surface area (Å²) in [6.45, 7) is 4.05. The van der Waals surface area contributed by atoms with Crippen molar-refractivity contribution in [2.45, 2.75) is 20.3 Å². The van der Waals surface area contributed by atoms with Gasteiger partial charge in [0.05, 0.1) is 0 Å². The number of aryl methyl sites for hydroxylation is 2. The van der Waals surface area contributed by atoms with Crippen LogP contribution in [0.4, 0.5) is 5.13 Å². The van der Waals surface area contributed by atoms with E-state index in [9.17, 15) is 10.1 Å². The van der Waals surface area contributed by atoms with Gasteiger partial charge in [0.25, 0.3) is 5.91 Å². The Balaban J connectivity index is 1.69. The number of carbonyl (C=O) groups is 1. The Morgan fingerprint density at radius 3 is 2.67 bits per heavy atom. The molecule has 0 aliphatic rings. The number of amides is 1. The maximum atomic E-state index is 12.4. The fourth-order valence-corrected chi connectivity index (χ4v) is 3.45. The Morgan fingerprint density at radius 1 is 1.19 bits per heavy atom. The zero-order valence-corrected chi connectivity index (χ0v) is 16.0. The van der Waals surface area contributed by atoms with Crippen LogP contribution in [-0.4, -0.2) is 10.9 Å². The summed E-state index contributed by atoms with van der Waals surface area (Å²) in [5.74, 6) is -0.450. The zero-order chi connectivity index (χ0) is 19.2. The summed E-state index contributed by atoms with van der Waals surface area (Å²) < 4.78 is 0. The van der Waals surface area contributed by atoms with Crippen molar-refractivity contribution in [2.24, 2.45) is 0 Å². The van der Waals surface area contributed by atoms with Gasteiger partial charge in [-0.25, -0.2) is 4.98 Å². The first-order chi connectivity index (χ1) is 13.0. The first-order valence-corrected chi connectivity index (χ1v) is 9.35. The maximum Gasteiger partial charge on any atom is 0.268 e. The molecule has 5 heteroatoms. The molecule has 0 saturated heterocycles. The molecular weight excluding hydrogens is 354 g/mol. The largest absolute Gasteiger partial charge is 0.297 e. The molecule has 1 amide bonds. The molecule has 1 N–H and O–H groups in total. The Kier molecular flexibility index (Phi) is 5.80. The SMILES string of the molecule is Cc1ccc(/C=C(\C#N)C(=O)Nc2ncc(Cc3cccc(C)c3)s2)cc1. The quantitative estimate of drug-likeness (QED) is 0.511. The number of nitrogens with one attached hydrogen (secondary N) is 1. The van der Waals surface area contributed by atoms with E-state index in [0.717, 1.165) is 22.4 Å². The number of benzene rings is 2. The second kappa shape index (κ2) is 8.43. The summed E-state index contributed by atoms with van der Waals surface area (Å²) in [6.07, 6.45) is 4.11. The molecule has 0 aliphatic carbocycles. The van der Waals surface area contributed by atoms with Crippen LogP contribution in [0, 0.1) is 25.2 Å². The topological polar surface area (TPSA) is 65.8 Å². The number of thiazole rings is 1. The van der Waals surface area contributed by atoms with E-state index < -0.39 is 5.91 Å². The summed E-state index contributed by atoms with van der Waals surface area (Å²) in [7, 11) is 0. The van der Waals surface area contributed by atoms with Crippen LogP contribution >= 0.6 is 11.3 Å². The van der Waals surface area contributed by atoms with Crippen LogP contribution in [0.1, 0.15) is 27.1 Å². The highest BCUT2D eigenvalue weighted by Crippen LogP contribution is 2.22. The van der Waals surface area contributed by atoms with Crippen LogP contribution in [0.15, 0.2) is 60.3 Å². The molecule has 0 fully saturated rings. The Labute approximate surface area is 162 Å². The van der Waals surface area contributed by atoms with Crippen molar-refractivity contribution in [1.82, 2.24) is 4.98 Å². The van der Waals surface area contributed by atoms with E-state index in [1.807, 2.05) is 43.3 Å². The van der Waals surface area contributed by atoms with Crippen molar-refractivity contribution in [3.05, 3.63) is 87.4 Å². The van der Waals surface area contributed by atoms with Gasteiger partial charge in [0.2, 0.25) is 0 Å². The van der Waals surface area contributed by atoms with Crippen molar-refractivity contribution in [3.63, 3.8) is 0 Å². The van der Waals surface area contributed by atoms with Crippen molar-refractivity contribution < 1.29 is 4.79 Å². The maximum absolute atomic E-state index is 12.4. The highest BCUT2D eigenvalue weighted by atomic mass is 32.1. The summed E-state index contributed by atoms with van der Waals surface area (Å²) in [4.78, 5) is 17.7. The van der Waals surface area contributed by atoms with Gasteiger partial charge in [-0.3, -0.25) is 10.1 Å². The predicted octanol–water partition coefficient (Wildman–Crippen LogP) is 4.90. The number of hydrogen-bond acceptors (Lipinski definition) is 4. The van der Waals surface area contributed by atoms with Crippen LogP contribution in [0.2, 0.25) is 0 Å². The molecule has 0 bridgehead atoms. The first-order valence-electron chi connectivity index (χ1n) is 8.53. The van der Waals surface area contributed by atoms with E-state index in [1.54, 1.807) is 12.3 Å². The van der Waals surface area contributed by atoms with E-state index in [2.05, 4.69) is 35.4 Å². The van der Waals surface area contributed by atoms with Gasteiger partial charge in [0.15, 0.2) is 5.13 Å². The number of hydrogen-bond donors (Lipinski definition) is 1. The van der Waals surface area contributed by atoms with Gasteiger partial charge in [-0.05, 0) is 31.1 Å². The van der Waals surface area contributed by atoms with E-state index in [0.29, 0.717) is 5.13 Å². The third-order valence-electron chi connectivity index (χ3n) is 3.99. The summed E-state index contributed by atoms with van der Waals surface area (Å²) in [5, 5.41) is 12.5. The minimum absolute atomic E-state index is 0.0503. The lowest BCUT2D eigenvalue weighted by atomic mass is 10.1.